The number of nitrogens with zero attached hydrogens (tertiary/aromatic N) is 1. The maximum atomic E-state index is 5.84. The Bertz CT molecular complexity index is 367. The summed E-state index contributed by atoms with van der Waals surface area (Å²) in [7, 11) is 5.39. The van der Waals surface area contributed by atoms with Crippen LogP contribution in [0.3, 0.4) is 0 Å². The molecular weight excluding hydrogens is 206 g/mol. The molecule has 2 rings (SSSR count). The van der Waals surface area contributed by atoms with E-state index in [4.69, 9.17) is 14.2 Å². The average Bonchev–Trinajstić information content (AvgIpc) is 2.28. The second kappa shape index (κ2) is 4.61. The van der Waals surface area contributed by atoms with Crippen LogP contribution in [-0.2, 0) is 4.74 Å². The number of ether oxygens (including phenoxy) is 3. The molecule has 0 amide bonds. The molecule has 0 saturated carbocycles. The molecule has 88 valence electrons. The highest BCUT2D eigenvalue weighted by molar-refractivity contribution is 5.62. The van der Waals surface area contributed by atoms with Crippen LogP contribution in [0.4, 0.5) is 5.69 Å². The smallest absolute Gasteiger partial charge is 0.146 e. The number of methoxy groups -OCH3 is 2. The Hall–Kier alpha value is -1.42. The summed E-state index contributed by atoms with van der Waals surface area (Å²) >= 11 is 0. The Morgan fingerprint density at radius 1 is 1.44 bits per heavy atom. The minimum absolute atomic E-state index is 0.0783. The summed E-state index contributed by atoms with van der Waals surface area (Å²) < 4.78 is 16.1. The van der Waals surface area contributed by atoms with Crippen molar-refractivity contribution in [1.29, 1.82) is 0 Å². The molecule has 0 aromatic heterocycles. The van der Waals surface area contributed by atoms with Crippen molar-refractivity contribution in [3.05, 3.63) is 18.2 Å². The normalized spacial score (nSPS) is 18.9. The molecule has 0 aliphatic carbocycles. The molecule has 0 spiro atoms. The van der Waals surface area contributed by atoms with E-state index in [1.54, 1.807) is 14.2 Å². The SMILES string of the molecule is COC[C@H]1CN(C)c2ccc(OC)cc2O1. The first-order valence-electron chi connectivity index (χ1n) is 5.29. The summed E-state index contributed by atoms with van der Waals surface area (Å²) in [6.07, 6.45) is 0.0783. The number of hydrogen-bond acceptors (Lipinski definition) is 4. The molecular formula is C12H17NO3. The summed E-state index contributed by atoms with van der Waals surface area (Å²) in [5.74, 6) is 1.67. The monoisotopic (exact) mass is 223 g/mol. The van der Waals surface area contributed by atoms with Crippen LogP contribution in [0.1, 0.15) is 0 Å². The molecule has 0 radical (unpaired) electrons. The molecule has 1 aromatic carbocycles. The maximum absolute atomic E-state index is 5.84. The fourth-order valence-corrected chi connectivity index (χ4v) is 1.92. The summed E-state index contributed by atoms with van der Waals surface area (Å²) in [5.41, 5.74) is 1.09. The lowest BCUT2D eigenvalue weighted by Crippen LogP contribution is -2.40. The third-order valence-corrected chi connectivity index (χ3v) is 2.70. The highest BCUT2D eigenvalue weighted by Gasteiger charge is 2.23. The van der Waals surface area contributed by atoms with Gasteiger partial charge >= 0.3 is 0 Å². The first-order valence-corrected chi connectivity index (χ1v) is 5.29. The fourth-order valence-electron chi connectivity index (χ4n) is 1.92. The van der Waals surface area contributed by atoms with Crippen molar-refractivity contribution in [1.82, 2.24) is 0 Å². The molecule has 0 bridgehead atoms. The second-order valence-corrected chi connectivity index (χ2v) is 3.91. The Morgan fingerprint density at radius 3 is 2.94 bits per heavy atom. The van der Waals surface area contributed by atoms with Gasteiger partial charge in [-0.15, -0.1) is 0 Å². The molecule has 0 saturated heterocycles. The van der Waals surface area contributed by atoms with Gasteiger partial charge in [0.25, 0.3) is 0 Å². The Morgan fingerprint density at radius 2 is 2.25 bits per heavy atom. The van der Waals surface area contributed by atoms with Gasteiger partial charge in [-0.25, -0.2) is 0 Å². The first-order chi connectivity index (χ1) is 7.74. The quantitative estimate of drug-likeness (QED) is 0.777. The van der Waals surface area contributed by atoms with E-state index in [-0.39, 0.29) is 6.10 Å². The van der Waals surface area contributed by atoms with Crippen molar-refractivity contribution < 1.29 is 14.2 Å². The summed E-state index contributed by atoms with van der Waals surface area (Å²) in [6, 6.07) is 5.86. The fraction of sp³-hybridized carbons (Fsp3) is 0.500. The van der Waals surface area contributed by atoms with Crippen LogP contribution in [-0.4, -0.2) is 40.5 Å². The molecule has 1 aliphatic heterocycles. The Balaban J connectivity index is 2.24. The first kappa shape index (κ1) is 11.1. The lowest BCUT2D eigenvalue weighted by Gasteiger charge is -2.33. The molecule has 16 heavy (non-hydrogen) atoms. The number of anilines is 1. The van der Waals surface area contributed by atoms with Gasteiger partial charge in [0.05, 0.1) is 25.9 Å². The van der Waals surface area contributed by atoms with Gasteiger partial charge in [-0.3, -0.25) is 0 Å². The molecule has 0 N–H and O–H groups in total. The minimum Gasteiger partial charge on any atom is -0.497 e. The summed E-state index contributed by atoms with van der Waals surface area (Å²) in [6.45, 7) is 1.44. The van der Waals surface area contributed by atoms with Crippen LogP contribution < -0.4 is 14.4 Å². The van der Waals surface area contributed by atoms with Gasteiger partial charge in [-0.2, -0.15) is 0 Å². The zero-order valence-corrected chi connectivity index (χ0v) is 9.90. The van der Waals surface area contributed by atoms with E-state index in [9.17, 15) is 0 Å². The maximum Gasteiger partial charge on any atom is 0.146 e. The van der Waals surface area contributed by atoms with Crippen molar-refractivity contribution in [2.75, 3.05) is 39.3 Å². The van der Waals surface area contributed by atoms with Gasteiger partial charge in [-0.1, -0.05) is 0 Å². The highest BCUT2D eigenvalue weighted by atomic mass is 16.5. The molecule has 4 nitrogen and oxygen atoms in total. The summed E-state index contributed by atoms with van der Waals surface area (Å²) in [5, 5.41) is 0. The van der Waals surface area contributed by atoms with Crippen molar-refractivity contribution in [3.8, 4) is 11.5 Å². The largest absolute Gasteiger partial charge is 0.497 e. The van der Waals surface area contributed by atoms with E-state index in [0.29, 0.717) is 6.61 Å². The van der Waals surface area contributed by atoms with E-state index in [1.807, 2.05) is 18.2 Å². The van der Waals surface area contributed by atoms with Crippen molar-refractivity contribution >= 4 is 5.69 Å². The second-order valence-electron chi connectivity index (χ2n) is 3.91. The highest BCUT2D eigenvalue weighted by Crippen LogP contribution is 2.35. The Kier molecular flexibility index (Phi) is 3.19. The predicted molar refractivity (Wildman–Crippen MR) is 62.6 cm³/mol. The summed E-state index contributed by atoms with van der Waals surface area (Å²) in [4.78, 5) is 2.17. The van der Waals surface area contributed by atoms with Crippen molar-refractivity contribution in [2.24, 2.45) is 0 Å². The molecule has 1 aromatic rings. The molecule has 1 heterocycles. The zero-order valence-electron chi connectivity index (χ0n) is 9.90. The van der Waals surface area contributed by atoms with Gasteiger partial charge < -0.3 is 19.1 Å². The number of hydrogen-bond donors (Lipinski definition) is 0. The van der Waals surface area contributed by atoms with E-state index in [1.165, 1.54) is 0 Å². The van der Waals surface area contributed by atoms with E-state index in [0.717, 1.165) is 23.7 Å². The van der Waals surface area contributed by atoms with Crippen LogP contribution in [0, 0.1) is 0 Å². The lowest BCUT2D eigenvalue weighted by molar-refractivity contribution is 0.0799. The van der Waals surface area contributed by atoms with Crippen LogP contribution in [0.5, 0.6) is 11.5 Å². The third kappa shape index (κ3) is 2.07. The van der Waals surface area contributed by atoms with Gasteiger partial charge in [0.2, 0.25) is 0 Å². The predicted octanol–water partition coefficient (Wildman–Crippen LogP) is 1.54. The van der Waals surface area contributed by atoms with Crippen LogP contribution in [0.2, 0.25) is 0 Å². The van der Waals surface area contributed by atoms with Gasteiger partial charge in [0.1, 0.15) is 17.6 Å². The van der Waals surface area contributed by atoms with E-state index >= 15 is 0 Å². The topological polar surface area (TPSA) is 30.9 Å². The van der Waals surface area contributed by atoms with E-state index < -0.39 is 0 Å². The van der Waals surface area contributed by atoms with Gasteiger partial charge in [0.15, 0.2) is 0 Å². The van der Waals surface area contributed by atoms with Crippen LogP contribution in [0.15, 0.2) is 18.2 Å². The lowest BCUT2D eigenvalue weighted by atomic mass is 10.2. The molecule has 1 aliphatic rings. The molecule has 1 atom stereocenters. The third-order valence-electron chi connectivity index (χ3n) is 2.70. The Labute approximate surface area is 95.7 Å². The zero-order chi connectivity index (χ0) is 11.5. The standard InChI is InChI=1S/C12H17NO3/c1-13-7-10(8-14-2)16-12-6-9(15-3)4-5-11(12)13/h4-6,10H,7-8H2,1-3H3/t10-/m1/s1. The number of benzene rings is 1. The van der Waals surface area contributed by atoms with E-state index in [2.05, 4.69) is 11.9 Å². The molecule has 0 unspecified atom stereocenters. The molecule has 0 fully saturated rings. The molecule has 4 heteroatoms. The van der Waals surface area contributed by atoms with Crippen molar-refractivity contribution in [2.45, 2.75) is 6.10 Å². The van der Waals surface area contributed by atoms with Gasteiger partial charge in [0, 0.05) is 20.2 Å². The van der Waals surface area contributed by atoms with Crippen molar-refractivity contribution in [3.63, 3.8) is 0 Å². The van der Waals surface area contributed by atoms with Crippen LogP contribution >= 0.6 is 0 Å². The number of rotatable bonds is 3. The number of likely N-dealkylation sites (N-methyl/N-ethyl adjacent to an activating group) is 1. The van der Waals surface area contributed by atoms with Gasteiger partial charge in [-0.05, 0) is 12.1 Å². The average molecular weight is 223 g/mol. The number of fused-ring (bicyclic) bond motifs is 1. The van der Waals surface area contributed by atoms with Crippen LogP contribution in [0.25, 0.3) is 0 Å². The minimum atomic E-state index is 0.0783.